The number of fused-ring (bicyclic) bond motifs is 11. The molecule has 0 N–H and O–H groups in total. The van der Waals surface area contributed by atoms with Crippen LogP contribution >= 0.6 is 11.3 Å². The smallest absolute Gasteiger partial charge is 0.0640 e. The lowest BCUT2D eigenvalue weighted by Gasteiger charge is -2.11. The van der Waals surface area contributed by atoms with Crippen molar-refractivity contribution in [3.63, 3.8) is 0 Å². The summed E-state index contributed by atoms with van der Waals surface area (Å²) < 4.78 is 7.56. The molecule has 0 amide bonds. The van der Waals surface area contributed by atoms with Gasteiger partial charge >= 0.3 is 0 Å². The molecule has 2 nitrogen and oxygen atoms in total. The predicted octanol–water partition coefficient (Wildman–Crippen LogP) is 14.7. The topological polar surface area (TPSA) is 9.86 Å². The Balaban J connectivity index is 1.11. The maximum atomic E-state index is 2.50. The number of hydrogen-bond acceptors (Lipinski definition) is 1. The van der Waals surface area contributed by atoms with Crippen LogP contribution in [0.2, 0.25) is 0 Å². The van der Waals surface area contributed by atoms with Gasteiger partial charge in [0.05, 0.1) is 32.5 Å². The molecule has 3 heteroatoms. The van der Waals surface area contributed by atoms with Crippen molar-refractivity contribution in [3.05, 3.63) is 194 Å². The molecular weight excluding hydrogens is 685 g/mol. The molecule has 0 spiro atoms. The second kappa shape index (κ2) is 11.8. The lowest BCUT2D eigenvalue weighted by molar-refractivity contribution is 1.19. The van der Waals surface area contributed by atoms with Crippen molar-refractivity contribution in [1.29, 1.82) is 0 Å². The SMILES string of the molecule is c1ccc(-c2ccc3c4cc(-c5ccc6c(c5)c5ccc7ccccc7c5n6-c5ccccc5)ccc4n(-c4cccc5c4sc4ccccc45)c3c2)cc1. The Hall–Kier alpha value is -6.94. The standard InChI is InChI=1S/C52H32N2S/c1-3-12-33(13-4-1)37-23-26-40-44-30-35(25-29-47(44)54(49(40)32-37)48-20-11-19-43-41-18-9-10-21-50(41)55-52(43)48)36-24-28-46-45(31-36)42-27-22-34-14-7-8-17-39(34)51(42)53(46)38-15-5-2-6-16-38/h1-32H. The molecule has 12 rings (SSSR count). The Morgan fingerprint density at radius 1 is 0.327 bits per heavy atom. The van der Waals surface area contributed by atoms with E-state index in [1.165, 1.54) is 108 Å². The van der Waals surface area contributed by atoms with Crippen LogP contribution in [0.5, 0.6) is 0 Å². The summed E-state index contributed by atoms with van der Waals surface area (Å²) in [6.07, 6.45) is 0. The molecular formula is C52H32N2S. The fourth-order valence-corrected chi connectivity index (χ4v) is 10.2. The second-order valence-corrected chi connectivity index (χ2v) is 15.6. The van der Waals surface area contributed by atoms with E-state index >= 15 is 0 Å². The van der Waals surface area contributed by atoms with Crippen molar-refractivity contribution in [2.24, 2.45) is 0 Å². The summed E-state index contributed by atoms with van der Waals surface area (Å²) in [5.74, 6) is 0. The number of thiophene rings is 1. The third-order valence-corrected chi connectivity index (χ3v) is 12.7. The molecule has 0 saturated heterocycles. The van der Waals surface area contributed by atoms with Gasteiger partial charge in [-0.25, -0.2) is 0 Å². The molecule has 55 heavy (non-hydrogen) atoms. The van der Waals surface area contributed by atoms with Crippen LogP contribution in [-0.4, -0.2) is 9.13 Å². The molecule has 12 aromatic rings. The number of aromatic nitrogens is 2. The molecule has 9 aromatic carbocycles. The van der Waals surface area contributed by atoms with Crippen molar-refractivity contribution in [2.45, 2.75) is 0 Å². The van der Waals surface area contributed by atoms with Gasteiger partial charge in [-0.2, -0.15) is 0 Å². The summed E-state index contributed by atoms with van der Waals surface area (Å²) >= 11 is 1.88. The number of benzene rings is 9. The Kier molecular flexibility index (Phi) is 6.54. The van der Waals surface area contributed by atoms with Crippen molar-refractivity contribution in [3.8, 4) is 33.6 Å². The van der Waals surface area contributed by atoms with Crippen LogP contribution in [0.4, 0.5) is 0 Å². The van der Waals surface area contributed by atoms with Gasteiger partial charge in [0, 0.05) is 48.1 Å². The van der Waals surface area contributed by atoms with E-state index in [-0.39, 0.29) is 0 Å². The minimum Gasteiger partial charge on any atom is -0.309 e. The maximum absolute atomic E-state index is 2.50. The van der Waals surface area contributed by atoms with Gasteiger partial charge in [0.15, 0.2) is 0 Å². The average molecular weight is 717 g/mol. The van der Waals surface area contributed by atoms with Gasteiger partial charge in [-0.3, -0.25) is 0 Å². The highest BCUT2D eigenvalue weighted by molar-refractivity contribution is 7.26. The van der Waals surface area contributed by atoms with Crippen LogP contribution in [0.1, 0.15) is 0 Å². The Morgan fingerprint density at radius 2 is 0.945 bits per heavy atom. The Labute approximate surface area is 321 Å². The van der Waals surface area contributed by atoms with E-state index in [1.54, 1.807) is 0 Å². The molecule has 3 heterocycles. The Morgan fingerprint density at radius 3 is 1.76 bits per heavy atom. The lowest BCUT2D eigenvalue weighted by atomic mass is 9.99. The van der Waals surface area contributed by atoms with Gasteiger partial charge in [0.1, 0.15) is 0 Å². The maximum Gasteiger partial charge on any atom is 0.0640 e. The molecule has 3 aromatic heterocycles. The van der Waals surface area contributed by atoms with E-state index in [0.29, 0.717) is 0 Å². The summed E-state index contributed by atoms with van der Waals surface area (Å²) in [4.78, 5) is 0. The van der Waals surface area contributed by atoms with Gasteiger partial charge in [0.25, 0.3) is 0 Å². The first-order chi connectivity index (χ1) is 27.3. The van der Waals surface area contributed by atoms with Crippen LogP contribution in [-0.2, 0) is 0 Å². The highest BCUT2D eigenvalue weighted by Crippen LogP contribution is 2.43. The molecule has 0 aliphatic carbocycles. The van der Waals surface area contributed by atoms with E-state index in [1.807, 2.05) is 11.3 Å². The molecule has 0 radical (unpaired) electrons. The van der Waals surface area contributed by atoms with E-state index in [2.05, 4.69) is 203 Å². The van der Waals surface area contributed by atoms with Crippen molar-refractivity contribution < 1.29 is 0 Å². The van der Waals surface area contributed by atoms with Crippen molar-refractivity contribution in [1.82, 2.24) is 9.13 Å². The van der Waals surface area contributed by atoms with Gasteiger partial charge in [0.2, 0.25) is 0 Å². The molecule has 0 unspecified atom stereocenters. The average Bonchev–Trinajstić information content (AvgIpc) is 3.91. The lowest BCUT2D eigenvalue weighted by Crippen LogP contribution is -1.94. The van der Waals surface area contributed by atoms with E-state index in [0.717, 1.165) is 0 Å². The summed E-state index contributed by atoms with van der Waals surface area (Å²) in [6, 6.07) is 71.4. The summed E-state index contributed by atoms with van der Waals surface area (Å²) in [6.45, 7) is 0. The van der Waals surface area contributed by atoms with E-state index in [4.69, 9.17) is 0 Å². The third kappa shape index (κ3) is 4.54. The fraction of sp³-hybridized carbons (Fsp3) is 0. The van der Waals surface area contributed by atoms with Crippen LogP contribution < -0.4 is 0 Å². The number of nitrogens with zero attached hydrogens (tertiary/aromatic N) is 2. The monoisotopic (exact) mass is 716 g/mol. The first-order valence-corrected chi connectivity index (χ1v) is 19.7. The quantitative estimate of drug-likeness (QED) is 0.172. The molecule has 0 fully saturated rings. The highest BCUT2D eigenvalue weighted by atomic mass is 32.1. The zero-order chi connectivity index (χ0) is 36.0. The van der Waals surface area contributed by atoms with Gasteiger partial charge in [-0.15, -0.1) is 11.3 Å². The zero-order valence-electron chi connectivity index (χ0n) is 29.8. The van der Waals surface area contributed by atoms with Crippen LogP contribution in [0, 0.1) is 0 Å². The largest absolute Gasteiger partial charge is 0.309 e. The normalized spacial score (nSPS) is 12.0. The van der Waals surface area contributed by atoms with Crippen LogP contribution in [0.25, 0.3) is 108 Å². The molecule has 0 bridgehead atoms. The predicted molar refractivity (Wildman–Crippen MR) is 236 cm³/mol. The zero-order valence-corrected chi connectivity index (χ0v) is 30.6. The van der Waals surface area contributed by atoms with Crippen molar-refractivity contribution >= 4 is 85.9 Å². The summed E-state index contributed by atoms with van der Waals surface area (Å²) in [5, 5.41) is 10.2. The highest BCUT2D eigenvalue weighted by Gasteiger charge is 2.20. The molecule has 0 aliphatic rings. The fourth-order valence-electron chi connectivity index (χ4n) is 8.98. The Bertz CT molecular complexity index is 3470. The molecule has 0 aliphatic heterocycles. The first kappa shape index (κ1) is 30.5. The number of para-hydroxylation sites is 1. The summed E-state index contributed by atoms with van der Waals surface area (Å²) in [5.41, 5.74) is 12.1. The van der Waals surface area contributed by atoms with E-state index < -0.39 is 0 Å². The van der Waals surface area contributed by atoms with Crippen LogP contribution in [0.15, 0.2) is 194 Å². The second-order valence-electron chi connectivity index (χ2n) is 14.5. The molecule has 0 atom stereocenters. The number of hydrogen-bond donors (Lipinski definition) is 0. The molecule has 0 saturated carbocycles. The minimum atomic E-state index is 1.17. The van der Waals surface area contributed by atoms with Gasteiger partial charge in [-0.1, -0.05) is 140 Å². The van der Waals surface area contributed by atoms with Crippen molar-refractivity contribution in [2.75, 3.05) is 0 Å². The summed E-state index contributed by atoms with van der Waals surface area (Å²) in [7, 11) is 0. The minimum absolute atomic E-state index is 1.17. The van der Waals surface area contributed by atoms with Gasteiger partial charge in [-0.05, 0) is 82.2 Å². The van der Waals surface area contributed by atoms with Gasteiger partial charge < -0.3 is 9.13 Å². The molecule has 256 valence electrons. The third-order valence-electron chi connectivity index (χ3n) is 11.5. The first-order valence-electron chi connectivity index (χ1n) is 18.8. The number of rotatable bonds is 4. The van der Waals surface area contributed by atoms with E-state index in [9.17, 15) is 0 Å². The van der Waals surface area contributed by atoms with Crippen LogP contribution in [0.3, 0.4) is 0 Å².